The van der Waals surface area contributed by atoms with Gasteiger partial charge in [0.1, 0.15) is 0 Å². The molecule has 19 heavy (non-hydrogen) atoms. The molecule has 0 spiro atoms. The minimum Gasteiger partial charge on any atom is -0.378 e. The number of nitrogens with zero attached hydrogens (tertiary/aromatic N) is 2. The van der Waals surface area contributed by atoms with Crippen molar-refractivity contribution in [2.75, 3.05) is 25.1 Å². The topological polar surface area (TPSA) is 76.1 Å². The highest BCUT2D eigenvalue weighted by Crippen LogP contribution is 2.32. The molecule has 0 radical (unpaired) electrons. The van der Waals surface area contributed by atoms with Gasteiger partial charge in [0.05, 0.1) is 13.2 Å². The summed E-state index contributed by atoms with van der Waals surface area (Å²) in [7, 11) is 0. The Morgan fingerprint density at radius 1 is 1.53 bits per heavy atom. The van der Waals surface area contributed by atoms with Gasteiger partial charge in [-0.1, -0.05) is 11.3 Å². The standard InChI is InChI=1S/C9H11F3N4O2S/c10-9(11,12)7-15-16-8(19-7)14-6(17)3-5-4-18-2-1-13-5/h5,13H,1-4H2,(H,14,16,17). The molecule has 1 unspecified atom stereocenters. The Morgan fingerprint density at radius 3 is 2.89 bits per heavy atom. The van der Waals surface area contributed by atoms with Crippen LogP contribution >= 0.6 is 11.3 Å². The number of aromatic nitrogens is 2. The summed E-state index contributed by atoms with van der Waals surface area (Å²) < 4.78 is 42.0. The van der Waals surface area contributed by atoms with Crippen LogP contribution in [0, 0.1) is 0 Å². The van der Waals surface area contributed by atoms with Gasteiger partial charge in [-0.2, -0.15) is 13.2 Å². The van der Waals surface area contributed by atoms with Crippen LogP contribution in [0.5, 0.6) is 0 Å². The third-order valence-electron chi connectivity index (χ3n) is 2.34. The van der Waals surface area contributed by atoms with Crippen molar-refractivity contribution in [1.29, 1.82) is 0 Å². The number of alkyl halides is 3. The maximum atomic E-state index is 12.3. The Hall–Kier alpha value is -1.26. The maximum absolute atomic E-state index is 12.3. The molecule has 1 amide bonds. The largest absolute Gasteiger partial charge is 0.445 e. The first kappa shape index (κ1) is 14.2. The highest BCUT2D eigenvalue weighted by Gasteiger charge is 2.35. The summed E-state index contributed by atoms with van der Waals surface area (Å²) in [5, 5.41) is 10.4. The Kier molecular flexibility index (Phi) is 4.32. The third kappa shape index (κ3) is 4.11. The molecular formula is C9H11F3N4O2S. The summed E-state index contributed by atoms with van der Waals surface area (Å²) >= 11 is 0.299. The molecule has 1 aliphatic heterocycles. The normalized spacial score (nSPS) is 20.3. The van der Waals surface area contributed by atoms with E-state index in [1.54, 1.807) is 0 Å². The van der Waals surface area contributed by atoms with E-state index in [0.29, 0.717) is 31.1 Å². The number of carbonyl (C=O) groups excluding carboxylic acids is 1. The van der Waals surface area contributed by atoms with Gasteiger partial charge in [0.25, 0.3) is 0 Å². The van der Waals surface area contributed by atoms with E-state index < -0.39 is 17.1 Å². The summed E-state index contributed by atoms with van der Waals surface area (Å²) in [5.41, 5.74) is 0. The molecule has 1 aromatic rings. The summed E-state index contributed by atoms with van der Waals surface area (Å²) in [6, 6.07) is -0.135. The van der Waals surface area contributed by atoms with Crippen molar-refractivity contribution in [1.82, 2.24) is 15.5 Å². The molecule has 1 aliphatic rings. The SMILES string of the molecule is O=C(CC1COCCN1)Nc1nnc(C(F)(F)F)s1. The van der Waals surface area contributed by atoms with Gasteiger partial charge < -0.3 is 15.4 Å². The van der Waals surface area contributed by atoms with E-state index in [2.05, 4.69) is 20.8 Å². The molecule has 0 saturated carbocycles. The minimum atomic E-state index is -4.54. The number of halogens is 3. The third-order valence-corrected chi connectivity index (χ3v) is 3.23. The van der Waals surface area contributed by atoms with E-state index in [0.717, 1.165) is 0 Å². The van der Waals surface area contributed by atoms with E-state index in [9.17, 15) is 18.0 Å². The summed E-state index contributed by atoms with van der Waals surface area (Å²) in [4.78, 5) is 11.6. The lowest BCUT2D eigenvalue weighted by atomic mass is 10.2. The summed E-state index contributed by atoms with van der Waals surface area (Å²) in [5.74, 6) is -0.423. The second-order valence-electron chi connectivity index (χ2n) is 3.89. The first-order valence-corrected chi connectivity index (χ1v) is 6.28. The van der Waals surface area contributed by atoms with Crippen LogP contribution in [-0.2, 0) is 15.7 Å². The fourth-order valence-corrected chi connectivity index (χ4v) is 2.16. The van der Waals surface area contributed by atoms with Gasteiger partial charge >= 0.3 is 6.18 Å². The molecule has 0 aliphatic carbocycles. The monoisotopic (exact) mass is 296 g/mol. The molecule has 0 aromatic carbocycles. The molecule has 2 rings (SSSR count). The van der Waals surface area contributed by atoms with Crippen molar-refractivity contribution in [2.45, 2.75) is 18.6 Å². The molecule has 106 valence electrons. The van der Waals surface area contributed by atoms with Gasteiger partial charge in [-0.15, -0.1) is 10.2 Å². The molecule has 1 aromatic heterocycles. The van der Waals surface area contributed by atoms with Crippen LogP contribution in [0.25, 0.3) is 0 Å². The van der Waals surface area contributed by atoms with Crippen molar-refractivity contribution < 1.29 is 22.7 Å². The van der Waals surface area contributed by atoms with Crippen molar-refractivity contribution in [3.63, 3.8) is 0 Å². The number of morpholine rings is 1. The predicted octanol–water partition coefficient (Wildman–Crippen LogP) is 0.874. The second-order valence-corrected chi connectivity index (χ2v) is 4.87. The summed E-state index contributed by atoms with van der Waals surface area (Å²) in [6.45, 7) is 1.63. The van der Waals surface area contributed by atoms with Gasteiger partial charge in [0.2, 0.25) is 16.0 Å². The molecular weight excluding hydrogens is 285 g/mol. The Balaban J connectivity index is 1.86. The number of amides is 1. The van der Waals surface area contributed by atoms with Gasteiger partial charge in [0.15, 0.2) is 0 Å². The average molecular weight is 296 g/mol. The molecule has 2 N–H and O–H groups in total. The van der Waals surface area contributed by atoms with Gasteiger partial charge in [-0.3, -0.25) is 4.79 Å². The Morgan fingerprint density at radius 2 is 2.32 bits per heavy atom. The highest BCUT2D eigenvalue weighted by molar-refractivity contribution is 7.15. The average Bonchev–Trinajstić information content (AvgIpc) is 2.78. The van der Waals surface area contributed by atoms with Crippen molar-refractivity contribution in [3.05, 3.63) is 5.01 Å². The van der Waals surface area contributed by atoms with E-state index in [-0.39, 0.29) is 17.6 Å². The fourth-order valence-electron chi connectivity index (χ4n) is 1.53. The molecule has 1 atom stereocenters. The maximum Gasteiger partial charge on any atom is 0.445 e. The van der Waals surface area contributed by atoms with E-state index in [4.69, 9.17) is 4.74 Å². The van der Waals surface area contributed by atoms with Crippen LogP contribution in [0.2, 0.25) is 0 Å². The highest BCUT2D eigenvalue weighted by atomic mass is 32.1. The van der Waals surface area contributed by atoms with Crippen LogP contribution in [0.4, 0.5) is 18.3 Å². The first-order chi connectivity index (χ1) is 8.95. The number of anilines is 1. The zero-order chi connectivity index (χ0) is 13.9. The van der Waals surface area contributed by atoms with Crippen LogP contribution in [0.15, 0.2) is 0 Å². The Labute approximate surface area is 110 Å². The van der Waals surface area contributed by atoms with Gasteiger partial charge in [-0.05, 0) is 0 Å². The number of rotatable bonds is 3. The zero-order valence-corrected chi connectivity index (χ0v) is 10.5. The van der Waals surface area contributed by atoms with Crippen LogP contribution in [-0.4, -0.2) is 41.9 Å². The van der Waals surface area contributed by atoms with Gasteiger partial charge in [0, 0.05) is 19.0 Å². The number of hydrogen-bond acceptors (Lipinski definition) is 6. The van der Waals surface area contributed by atoms with Crippen molar-refractivity contribution in [3.8, 4) is 0 Å². The molecule has 6 nitrogen and oxygen atoms in total. The number of nitrogens with one attached hydrogen (secondary N) is 2. The number of carbonyl (C=O) groups is 1. The smallest absolute Gasteiger partial charge is 0.378 e. The lowest BCUT2D eigenvalue weighted by Gasteiger charge is -2.22. The predicted molar refractivity (Wildman–Crippen MR) is 60.8 cm³/mol. The molecule has 1 saturated heterocycles. The lowest BCUT2D eigenvalue weighted by Crippen LogP contribution is -2.43. The van der Waals surface area contributed by atoms with Gasteiger partial charge in [-0.25, -0.2) is 0 Å². The summed E-state index contributed by atoms with van der Waals surface area (Å²) in [6.07, 6.45) is -4.43. The van der Waals surface area contributed by atoms with Crippen molar-refractivity contribution >= 4 is 22.4 Å². The number of ether oxygens (including phenoxy) is 1. The fraction of sp³-hybridized carbons (Fsp3) is 0.667. The zero-order valence-electron chi connectivity index (χ0n) is 9.66. The lowest BCUT2D eigenvalue weighted by molar-refractivity contribution is -0.138. The van der Waals surface area contributed by atoms with E-state index in [1.165, 1.54) is 0 Å². The first-order valence-electron chi connectivity index (χ1n) is 5.47. The molecule has 0 bridgehead atoms. The van der Waals surface area contributed by atoms with E-state index in [1.807, 2.05) is 0 Å². The van der Waals surface area contributed by atoms with Crippen LogP contribution < -0.4 is 10.6 Å². The number of hydrogen-bond donors (Lipinski definition) is 2. The van der Waals surface area contributed by atoms with Crippen LogP contribution in [0.1, 0.15) is 11.4 Å². The quantitative estimate of drug-likeness (QED) is 0.866. The Bertz CT molecular complexity index is 445. The van der Waals surface area contributed by atoms with E-state index >= 15 is 0 Å². The molecule has 1 fully saturated rings. The second kappa shape index (κ2) is 5.80. The minimum absolute atomic E-state index is 0.112. The van der Waals surface area contributed by atoms with Crippen molar-refractivity contribution in [2.24, 2.45) is 0 Å². The molecule has 2 heterocycles. The molecule has 10 heteroatoms. The van der Waals surface area contributed by atoms with Crippen LogP contribution in [0.3, 0.4) is 0 Å².